The summed E-state index contributed by atoms with van der Waals surface area (Å²) in [6.07, 6.45) is 2.59. The molecule has 6 nitrogen and oxygen atoms in total. The standard InChI is InChI=1S/C12H19N3O3/c1-9(17)12(18)14-5-3-11(4-6-14)15-7-2-10(8-16)13-15/h2,7,9,11,16-17H,3-6,8H2,1H3. The molecule has 1 unspecified atom stereocenters. The number of aromatic nitrogens is 2. The number of piperidine rings is 1. The number of rotatable bonds is 3. The summed E-state index contributed by atoms with van der Waals surface area (Å²) in [5.41, 5.74) is 0.664. The predicted molar refractivity (Wildman–Crippen MR) is 64.7 cm³/mol. The Hall–Kier alpha value is -1.40. The largest absolute Gasteiger partial charge is 0.390 e. The second kappa shape index (κ2) is 5.49. The predicted octanol–water partition coefficient (Wildman–Crippen LogP) is -0.0803. The molecule has 1 atom stereocenters. The van der Waals surface area contributed by atoms with Gasteiger partial charge in [-0.15, -0.1) is 0 Å². The van der Waals surface area contributed by atoms with Crippen LogP contribution in [0.1, 0.15) is 31.5 Å². The molecule has 0 aromatic carbocycles. The summed E-state index contributed by atoms with van der Waals surface area (Å²) in [7, 11) is 0. The molecule has 1 saturated heterocycles. The summed E-state index contributed by atoms with van der Waals surface area (Å²) in [6.45, 7) is 2.73. The van der Waals surface area contributed by atoms with Crippen molar-refractivity contribution in [1.29, 1.82) is 0 Å². The van der Waals surface area contributed by atoms with Crippen LogP contribution < -0.4 is 0 Å². The molecule has 1 amide bonds. The molecule has 1 aromatic heterocycles. The van der Waals surface area contributed by atoms with E-state index in [4.69, 9.17) is 5.11 Å². The van der Waals surface area contributed by atoms with Crippen molar-refractivity contribution >= 4 is 5.91 Å². The quantitative estimate of drug-likeness (QED) is 0.789. The molecule has 100 valence electrons. The molecule has 1 aliphatic rings. The lowest BCUT2D eigenvalue weighted by molar-refractivity contribution is -0.140. The van der Waals surface area contributed by atoms with Crippen molar-refractivity contribution in [3.63, 3.8) is 0 Å². The van der Waals surface area contributed by atoms with E-state index >= 15 is 0 Å². The minimum atomic E-state index is -0.924. The molecule has 0 radical (unpaired) electrons. The van der Waals surface area contributed by atoms with E-state index in [0.717, 1.165) is 12.8 Å². The van der Waals surface area contributed by atoms with Crippen LogP contribution >= 0.6 is 0 Å². The van der Waals surface area contributed by atoms with Gasteiger partial charge < -0.3 is 15.1 Å². The van der Waals surface area contributed by atoms with E-state index in [1.165, 1.54) is 6.92 Å². The maximum Gasteiger partial charge on any atom is 0.251 e. The number of carbonyl (C=O) groups is 1. The highest BCUT2D eigenvalue weighted by atomic mass is 16.3. The Kier molecular flexibility index (Phi) is 3.98. The second-order valence-corrected chi connectivity index (χ2v) is 4.68. The third-order valence-corrected chi connectivity index (χ3v) is 3.33. The van der Waals surface area contributed by atoms with E-state index < -0.39 is 6.10 Å². The number of hydrogen-bond donors (Lipinski definition) is 2. The highest BCUT2D eigenvalue weighted by Crippen LogP contribution is 2.22. The lowest BCUT2D eigenvalue weighted by Gasteiger charge is -2.32. The Bertz CT molecular complexity index is 408. The van der Waals surface area contributed by atoms with Crippen molar-refractivity contribution < 1.29 is 15.0 Å². The number of carbonyl (C=O) groups excluding carboxylic acids is 1. The van der Waals surface area contributed by atoms with E-state index in [1.807, 2.05) is 10.9 Å². The molecule has 0 spiro atoms. The van der Waals surface area contributed by atoms with Gasteiger partial charge in [0, 0.05) is 19.3 Å². The second-order valence-electron chi connectivity index (χ2n) is 4.68. The van der Waals surface area contributed by atoms with Gasteiger partial charge in [-0.3, -0.25) is 9.48 Å². The van der Waals surface area contributed by atoms with Crippen LogP contribution in [-0.2, 0) is 11.4 Å². The average Bonchev–Trinajstić information content (AvgIpc) is 2.86. The van der Waals surface area contributed by atoms with E-state index in [9.17, 15) is 9.90 Å². The van der Waals surface area contributed by atoms with Crippen LogP contribution in [0.15, 0.2) is 12.3 Å². The number of nitrogens with zero attached hydrogens (tertiary/aromatic N) is 3. The van der Waals surface area contributed by atoms with E-state index in [2.05, 4.69) is 5.10 Å². The maximum atomic E-state index is 11.6. The fourth-order valence-electron chi connectivity index (χ4n) is 2.28. The van der Waals surface area contributed by atoms with Crippen molar-refractivity contribution in [2.24, 2.45) is 0 Å². The van der Waals surface area contributed by atoms with Crippen molar-refractivity contribution in [3.8, 4) is 0 Å². The van der Waals surface area contributed by atoms with Gasteiger partial charge in [-0.2, -0.15) is 5.10 Å². The van der Waals surface area contributed by atoms with Crippen LogP contribution in [0.2, 0.25) is 0 Å². The first kappa shape index (κ1) is 13.0. The summed E-state index contributed by atoms with van der Waals surface area (Å²) >= 11 is 0. The molecule has 2 rings (SSSR count). The smallest absolute Gasteiger partial charge is 0.251 e. The van der Waals surface area contributed by atoms with Crippen LogP contribution in [0.5, 0.6) is 0 Å². The Balaban J connectivity index is 1.92. The van der Waals surface area contributed by atoms with Gasteiger partial charge in [0.1, 0.15) is 6.10 Å². The van der Waals surface area contributed by atoms with Gasteiger partial charge in [-0.25, -0.2) is 0 Å². The first-order valence-corrected chi connectivity index (χ1v) is 6.23. The van der Waals surface area contributed by atoms with Crippen LogP contribution in [0.25, 0.3) is 0 Å². The zero-order chi connectivity index (χ0) is 13.1. The molecule has 18 heavy (non-hydrogen) atoms. The van der Waals surface area contributed by atoms with Crippen molar-refractivity contribution in [2.45, 2.75) is 38.5 Å². The average molecular weight is 253 g/mol. The Morgan fingerprint density at radius 1 is 1.56 bits per heavy atom. The molecule has 1 aromatic rings. The summed E-state index contributed by atoms with van der Waals surface area (Å²) in [4.78, 5) is 13.3. The fraction of sp³-hybridized carbons (Fsp3) is 0.667. The molecule has 0 aliphatic carbocycles. The third-order valence-electron chi connectivity index (χ3n) is 3.33. The number of aliphatic hydroxyl groups excluding tert-OH is 2. The number of hydrogen-bond acceptors (Lipinski definition) is 4. The monoisotopic (exact) mass is 253 g/mol. The van der Waals surface area contributed by atoms with Crippen LogP contribution in [0, 0.1) is 0 Å². The lowest BCUT2D eigenvalue weighted by atomic mass is 10.0. The normalized spacial score (nSPS) is 18.9. The maximum absolute atomic E-state index is 11.6. The minimum Gasteiger partial charge on any atom is -0.390 e. The number of likely N-dealkylation sites (tertiary alicyclic amines) is 1. The number of aliphatic hydroxyl groups is 2. The zero-order valence-corrected chi connectivity index (χ0v) is 10.5. The topological polar surface area (TPSA) is 78.6 Å². The molecule has 6 heteroatoms. The summed E-state index contributed by atoms with van der Waals surface area (Å²) in [5.74, 6) is -0.204. The first-order valence-electron chi connectivity index (χ1n) is 6.23. The Morgan fingerprint density at radius 3 is 2.72 bits per heavy atom. The van der Waals surface area contributed by atoms with Crippen molar-refractivity contribution in [1.82, 2.24) is 14.7 Å². The highest BCUT2D eigenvalue weighted by Gasteiger charge is 2.26. The van der Waals surface area contributed by atoms with Gasteiger partial charge in [-0.1, -0.05) is 0 Å². The molecular weight excluding hydrogens is 234 g/mol. The molecule has 0 bridgehead atoms. The van der Waals surface area contributed by atoms with Crippen LogP contribution in [0.4, 0.5) is 0 Å². The third kappa shape index (κ3) is 2.70. The summed E-state index contributed by atoms with van der Waals surface area (Å²) in [5, 5.41) is 22.5. The van der Waals surface area contributed by atoms with Gasteiger partial charge >= 0.3 is 0 Å². The minimum absolute atomic E-state index is 0.0492. The Morgan fingerprint density at radius 2 is 2.22 bits per heavy atom. The van der Waals surface area contributed by atoms with Crippen molar-refractivity contribution in [2.75, 3.05) is 13.1 Å². The Labute approximate surface area is 106 Å². The summed E-state index contributed by atoms with van der Waals surface area (Å²) in [6, 6.07) is 2.07. The molecule has 1 fully saturated rings. The van der Waals surface area contributed by atoms with Gasteiger partial charge in [0.25, 0.3) is 5.91 Å². The molecule has 0 saturated carbocycles. The van der Waals surface area contributed by atoms with Crippen LogP contribution in [0.3, 0.4) is 0 Å². The highest BCUT2D eigenvalue weighted by molar-refractivity contribution is 5.80. The molecular formula is C12H19N3O3. The zero-order valence-electron chi connectivity index (χ0n) is 10.5. The molecule has 2 heterocycles. The van der Waals surface area contributed by atoms with E-state index in [1.54, 1.807) is 11.0 Å². The van der Waals surface area contributed by atoms with Gasteiger partial charge in [0.2, 0.25) is 0 Å². The fourth-order valence-corrected chi connectivity index (χ4v) is 2.28. The molecule has 1 aliphatic heterocycles. The van der Waals surface area contributed by atoms with Crippen molar-refractivity contribution in [3.05, 3.63) is 18.0 Å². The van der Waals surface area contributed by atoms with Gasteiger partial charge in [-0.05, 0) is 25.8 Å². The van der Waals surface area contributed by atoms with Gasteiger partial charge in [0.05, 0.1) is 18.3 Å². The molecule has 2 N–H and O–H groups in total. The first-order chi connectivity index (χ1) is 8.61. The van der Waals surface area contributed by atoms with Crippen LogP contribution in [-0.4, -0.2) is 50.0 Å². The number of amides is 1. The lowest BCUT2D eigenvalue weighted by Crippen LogP contribution is -2.43. The van der Waals surface area contributed by atoms with Gasteiger partial charge in [0.15, 0.2) is 0 Å². The van der Waals surface area contributed by atoms with E-state index in [-0.39, 0.29) is 18.6 Å². The van der Waals surface area contributed by atoms with E-state index in [0.29, 0.717) is 18.8 Å². The SMILES string of the molecule is CC(O)C(=O)N1CCC(n2ccc(CO)n2)CC1. The summed E-state index contributed by atoms with van der Waals surface area (Å²) < 4.78 is 1.86.